The van der Waals surface area contributed by atoms with Crippen molar-refractivity contribution in [3.63, 3.8) is 0 Å². The summed E-state index contributed by atoms with van der Waals surface area (Å²) in [5.74, 6) is 0. The third kappa shape index (κ3) is 0.980. The van der Waals surface area contributed by atoms with Gasteiger partial charge in [-0.2, -0.15) is 0 Å². The first-order valence-corrected chi connectivity index (χ1v) is 2.76. The van der Waals surface area contributed by atoms with E-state index in [1.54, 1.807) is 0 Å². The van der Waals surface area contributed by atoms with Crippen molar-refractivity contribution >= 4 is 0 Å². The monoisotopic (exact) mass is 119 g/mol. The van der Waals surface area contributed by atoms with Crippen LogP contribution in [0, 0.1) is 0 Å². The summed E-state index contributed by atoms with van der Waals surface area (Å²) in [6.07, 6.45) is 0.545. The van der Waals surface area contributed by atoms with E-state index in [0.717, 1.165) is 6.54 Å². The van der Waals surface area contributed by atoms with Crippen molar-refractivity contribution in [3.05, 3.63) is 0 Å². The van der Waals surface area contributed by atoms with Crippen molar-refractivity contribution < 1.29 is 9.50 Å². The Morgan fingerprint density at radius 2 is 2.50 bits per heavy atom. The molecular weight excluding hydrogens is 109 g/mol. The van der Waals surface area contributed by atoms with Gasteiger partial charge in [0, 0.05) is 6.54 Å². The number of aliphatic hydroxyl groups is 1. The Morgan fingerprint density at radius 1 is 1.75 bits per heavy atom. The molecule has 3 heteroatoms. The summed E-state index contributed by atoms with van der Waals surface area (Å²) >= 11 is 0. The van der Waals surface area contributed by atoms with Crippen molar-refractivity contribution in [2.24, 2.45) is 0 Å². The van der Waals surface area contributed by atoms with E-state index in [1.165, 1.54) is 0 Å². The number of rotatable bonds is 1. The molecule has 0 bridgehead atoms. The molecule has 0 aromatic heterocycles. The van der Waals surface area contributed by atoms with Crippen LogP contribution in [0.25, 0.3) is 0 Å². The fraction of sp³-hybridized carbons (Fsp3) is 1.00. The van der Waals surface area contributed by atoms with Crippen LogP contribution in [0.5, 0.6) is 0 Å². The first kappa shape index (κ1) is 5.98. The molecule has 1 rings (SSSR count). The largest absolute Gasteiger partial charge is 0.386 e. The van der Waals surface area contributed by atoms with Crippen LogP contribution in [0.4, 0.5) is 4.39 Å². The predicted octanol–water partition coefficient (Wildman–Crippen LogP) is -0.320. The average molecular weight is 119 g/mol. The summed E-state index contributed by atoms with van der Waals surface area (Å²) in [6, 6.07) is 0. The first-order valence-electron chi connectivity index (χ1n) is 2.76. The lowest BCUT2D eigenvalue weighted by molar-refractivity contribution is 0.0350. The SMILES string of the molecule is O[C@@]1(CF)CCNC1. The molecule has 1 aliphatic rings. The van der Waals surface area contributed by atoms with Crippen LogP contribution in [0.2, 0.25) is 0 Å². The summed E-state index contributed by atoms with van der Waals surface area (Å²) in [4.78, 5) is 0. The standard InChI is InChI=1S/C5H10FNO/c6-3-5(8)1-2-7-4-5/h7-8H,1-4H2/t5-/m1/s1. The van der Waals surface area contributed by atoms with Gasteiger partial charge in [-0.25, -0.2) is 4.39 Å². The van der Waals surface area contributed by atoms with Gasteiger partial charge in [0.15, 0.2) is 0 Å². The lowest BCUT2D eigenvalue weighted by Gasteiger charge is -2.14. The number of hydrogen-bond donors (Lipinski definition) is 2. The van der Waals surface area contributed by atoms with Crippen LogP contribution >= 0.6 is 0 Å². The van der Waals surface area contributed by atoms with Crippen molar-refractivity contribution in [2.75, 3.05) is 19.8 Å². The Balaban J connectivity index is 2.40. The lowest BCUT2D eigenvalue weighted by Crippen LogP contribution is -2.33. The van der Waals surface area contributed by atoms with Gasteiger partial charge in [0.25, 0.3) is 0 Å². The molecular formula is C5H10FNO. The Morgan fingerprint density at radius 3 is 2.75 bits per heavy atom. The smallest absolute Gasteiger partial charge is 0.119 e. The Hall–Kier alpha value is -0.150. The molecule has 1 saturated heterocycles. The van der Waals surface area contributed by atoms with E-state index in [1.807, 2.05) is 0 Å². The molecule has 0 saturated carbocycles. The van der Waals surface area contributed by atoms with Gasteiger partial charge in [-0.1, -0.05) is 0 Å². The quantitative estimate of drug-likeness (QED) is 0.496. The molecule has 1 aliphatic heterocycles. The zero-order chi connectivity index (χ0) is 6.04. The number of nitrogens with one attached hydrogen (secondary N) is 1. The van der Waals surface area contributed by atoms with Crippen LogP contribution in [0.1, 0.15) is 6.42 Å². The topological polar surface area (TPSA) is 32.3 Å². The molecule has 48 valence electrons. The number of hydrogen-bond acceptors (Lipinski definition) is 2. The zero-order valence-electron chi connectivity index (χ0n) is 4.65. The van der Waals surface area contributed by atoms with Crippen LogP contribution in [0.3, 0.4) is 0 Å². The Labute approximate surface area is 47.7 Å². The van der Waals surface area contributed by atoms with Crippen LogP contribution < -0.4 is 5.32 Å². The van der Waals surface area contributed by atoms with Crippen molar-refractivity contribution in [1.29, 1.82) is 0 Å². The van der Waals surface area contributed by atoms with Crippen molar-refractivity contribution in [3.8, 4) is 0 Å². The number of halogens is 1. The maximum Gasteiger partial charge on any atom is 0.119 e. The van der Waals surface area contributed by atoms with Gasteiger partial charge >= 0.3 is 0 Å². The second-order valence-electron chi connectivity index (χ2n) is 2.28. The maximum atomic E-state index is 11.8. The van der Waals surface area contributed by atoms with Gasteiger partial charge in [0.05, 0.1) is 0 Å². The highest BCUT2D eigenvalue weighted by molar-refractivity contribution is 4.86. The maximum absolute atomic E-state index is 11.8. The van der Waals surface area contributed by atoms with Crippen molar-refractivity contribution in [2.45, 2.75) is 12.0 Å². The Bertz CT molecular complexity index is 80.5. The molecule has 0 radical (unpaired) electrons. The van der Waals surface area contributed by atoms with Gasteiger partial charge in [-0.05, 0) is 13.0 Å². The molecule has 0 spiro atoms. The van der Waals surface area contributed by atoms with E-state index >= 15 is 0 Å². The van der Waals surface area contributed by atoms with Crippen molar-refractivity contribution in [1.82, 2.24) is 5.32 Å². The highest BCUT2D eigenvalue weighted by Crippen LogP contribution is 2.13. The highest BCUT2D eigenvalue weighted by atomic mass is 19.1. The van der Waals surface area contributed by atoms with Gasteiger partial charge in [0.1, 0.15) is 12.3 Å². The molecule has 0 amide bonds. The molecule has 0 aromatic rings. The number of β-amino-alcohol motifs (C(OH)–C–C–N with tert-alkyl or cyclic N) is 1. The lowest BCUT2D eigenvalue weighted by atomic mass is 10.1. The minimum Gasteiger partial charge on any atom is -0.386 e. The second-order valence-corrected chi connectivity index (χ2v) is 2.28. The van der Waals surface area contributed by atoms with E-state index < -0.39 is 12.3 Å². The second kappa shape index (κ2) is 1.99. The van der Waals surface area contributed by atoms with E-state index in [-0.39, 0.29) is 0 Å². The summed E-state index contributed by atoms with van der Waals surface area (Å²) in [5.41, 5.74) is -1.04. The molecule has 1 fully saturated rings. The molecule has 0 aliphatic carbocycles. The van der Waals surface area contributed by atoms with Gasteiger partial charge < -0.3 is 10.4 Å². The third-order valence-corrected chi connectivity index (χ3v) is 1.47. The van der Waals surface area contributed by atoms with E-state index in [0.29, 0.717) is 13.0 Å². The minimum atomic E-state index is -1.04. The Kier molecular flexibility index (Phi) is 1.49. The summed E-state index contributed by atoms with van der Waals surface area (Å²) < 4.78 is 11.8. The fourth-order valence-electron chi connectivity index (χ4n) is 0.845. The summed E-state index contributed by atoms with van der Waals surface area (Å²) in [6.45, 7) is 0.518. The number of alkyl halides is 1. The highest BCUT2D eigenvalue weighted by Gasteiger charge is 2.30. The molecule has 1 heterocycles. The van der Waals surface area contributed by atoms with E-state index in [9.17, 15) is 4.39 Å². The van der Waals surface area contributed by atoms with Crippen LogP contribution in [0.15, 0.2) is 0 Å². The zero-order valence-corrected chi connectivity index (χ0v) is 4.65. The van der Waals surface area contributed by atoms with E-state index in [2.05, 4.69) is 5.32 Å². The third-order valence-electron chi connectivity index (χ3n) is 1.47. The molecule has 8 heavy (non-hydrogen) atoms. The summed E-state index contributed by atoms with van der Waals surface area (Å²) in [5, 5.41) is 11.9. The van der Waals surface area contributed by atoms with E-state index in [4.69, 9.17) is 5.11 Å². The average Bonchev–Trinajstić information content (AvgIpc) is 2.17. The molecule has 2 N–H and O–H groups in total. The minimum absolute atomic E-state index is 0.406. The fourth-order valence-corrected chi connectivity index (χ4v) is 0.845. The van der Waals surface area contributed by atoms with Crippen LogP contribution in [-0.4, -0.2) is 30.5 Å². The van der Waals surface area contributed by atoms with Gasteiger partial charge in [-0.3, -0.25) is 0 Å². The summed E-state index contributed by atoms with van der Waals surface area (Å²) in [7, 11) is 0. The molecule has 1 atom stereocenters. The molecule has 0 unspecified atom stereocenters. The molecule has 2 nitrogen and oxygen atoms in total. The normalized spacial score (nSPS) is 38.2. The predicted molar refractivity (Wildman–Crippen MR) is 28.4 cm³/mol. The van der Waals surface area contributed by atoms with Gasteiger partial charge in [0.2, 0.25) is 0 Å². The van der Waals surface area contributed by atoms with Gasteiger partial charge in [-0.15, -0.1) is 0 Å². The van der Waals surface area contributed by atoms with Crippen LogP contribution in [-0.2, 0) is 0 Å². The first-order chi connectivity index (χ1) is 3.77. The molecule has 0 aromatic carbocycles.